The number of hydrogen-bond donors (Lipinski definition) is 0. The van der Waals surface area contributed by atoms with Gasteiger partial charge in [0.15, 0.2) is 0 Å². The van der Waals surface area contributed by atoms with Gasteiger partial charge in [-0.15, -0.1) is 0 Å². The van der Waals surface area contributed by atoms with E-state index in [0.29, 0.717) is 19.4 Å². The number of benzene rings is 4. The molecule has 0 saturated carbocycles. The summed E-state index contributed by atoms with van der Waals surface area (Å²) in [4.78, 5) is 23.7. The van der Waals surface area contributed by atoms with Crippen molar-refractivity contribution < 1.29 is 23.6 Å². The second kappa shape index (κ2) is 22.4. The number of amides is 1. The van der Waals surface area contributed by atoms with E-state index in [1.165, 1.54) is 30.8 Å². The first-order valence-electron chi connectivity index (χ1n) is 23.1. The van der Waals surface area contributed by atoms with Crippen LogP contribution in [0.1, 0.15) is 70.5 Å². The number of anilines is 5. The first-order valence-corrected chi connectivity index (χ1v) is 24.7. The molecule has 0 aliphatic carbocycles. The zero-order chi connectivity index (χ0) is 47.6. The fraction of sp³-hybridized carbons (Fsp3) is 0.382. The van der Waals surface area contributed by atoms with Gasteiger partial charge < -0.3 is 28.9 Å². The molecule has 2 heterocycles. The molecular weight excluding hydrogens is 859 g/mol. The first kappa shape index (κ1) is 50.1. The summed E-state index contributed by atoms with van der Waals surface area (Å²) in [7, 11) is 8.10. The molecule has 1 amide bonds. The molecule has 0 radical (unpaired) electrons. The molecule has 0 saturated heterocycles. The number of ether oxygens (including phenoxy) is 3. The predicted octanol–water partition coefficient (Wildman–Crippen LogP) is 12.6. The van der Waals surface area contributed by atoms with E-state index < -0.39 is 11.2 Å². The van der Waals surface area contributed by atoms with E-state index in [-0.39, 0.29) is 19.1 Å². The van der Waals surface area contributed by atoms with Crippen molar-refractivity contribution in [2.24, 2.45) is 0 Å². The average Bonchev–Trinajstić information content (AvgIpc) is 3.83. The van der Waals surface area contributed by atoms with E-state index in [2.05, 4.69) is 184 Å². The van der Waals surface area contributed by atoms with Crippen LogP contribution in [0.25, 0.3) is 16.3 Å². The van der Waals surface area contributed by atoms with Gasteiger partial charge in [-0.1, -0.05) is 66.4 Å². The van der Waals surface area contributed by atoms with Crippen LogP contribution in [0.15, 0.2) is 131 Å². The highest BCUT2D eigenvalue weighted by Crippen LogP contribution is 2.45. The van der Waals surface area contributed by atoms with Gasteiger partial charge in [-0.2, -0.15) is 4.57 Å². The van der Waals surface area contributed by atoms with Gasteiger partial charge in [-0.05, 0) is 139 Å². The van der Waals surface area contributed by atoms with Crippen molar-refractivity contribution in [1.82, 2.24) is 0 Å². The van der Waals surface area contributed by atoms with E-state index in [4.69, 9.17) is 14.2 Å². The molecule has 1 aliphatic rings. The van der Waals surface area contributed by atoms with Crippen LogP contribution in [-0.2, 0) is 25.5 Å². The molecule has 0 fully saturated rings. The van der Waals surface area contributed by atoms with Crippen LogP contribution in [0.2, 0.25) is 0 Å². The highest BCUT2D eigenvalue weighted by Gasteiger charge is 2.29. The fourth-order valence-corrected chi connectivity index (χ4v) is 10.4. The largest absolute Gasteiger partial charge is 0.488 e. The molecule has 0 N–H and O–H groups in total. The standard InChI is InChI=1S/C55H70N5O4S2/c1-13-55(8,39-62-38-51(61)60(42-30-32-45(56(9)10)40(4)36-42)43-31-33-46(57(11)12)41(5)37-43)63-35-34-54(6,7)64-44(22-20-28-52-58(14-2)47-24-16-18-26-49(47)65-52)23-21-29-53-59(15-3)48-25-17-19-27-50(48)66-53/h16-33,36-37H,13-15,34-35,38-39H2,1-12H3/q+1. The fourth-order valence-electron chi connectivity index (χ4n) is 8.16. The molecule has 1 aromatic heterocycles. The summed E-state index contributed by atoms with van der Waals surface area (Å²) < 4.78 is 23.3. The number of carbonyl (C=O) groups excluding carboxylic acids is 1. The number of thiazole rings is 1. The van der Waals surface area contributed by atoms with Crippen molar-refractivity contribution in [1.29, 1.82) is 0 Å². The highest BCUT2D eigenvalue weighted by molar-refractivity contribution is 8.03. The van der Waals surface area contributed by atoms with Crippen molar-refractivity contribution in [3.8, 4) is 0 Å². The lowest BCUT2D eigenvalue weighted by atomic mass is 10.0. The summed E-state index contributed by atoms with van der Waals surface area (Å²) in [5, 5.41) is 2.37. The second-order valence-electron chi connectivity index (χ2n) is 18.0. The van der Waals surface area contributed by atoms with Crippen LogP contribution in [-0.4, -0.2) is 71.7 Å². The van der Waals surface area contributed by atoms with Crippen molar-refractivity contribution in [2.45, 2.75) is 90.9 Å². The molecule has 1 atom stereocenters. The predicted molar refractivity (Wildman–Crippen MR) is 281 cm³/mol. The smallest absolute Gasteiger partial charge is 0.262 e. The number of thioether (sulfide) groups is 1. The summed E-state index contributed by atoms with van der Waals surface area (Å²) in [5.74, 6) is 0.605. The molecule has 6 rings (SSSR count). The third-order valence-corrected chi connectivity index (χ3v) is 14.2. The Hall–Kier alpha value is -5.33. The zero-order valence-corrected chi connectivity index (χ0v) is 42.8. The van der Waals surface area contributed by atoms with Gasteiger partial charge in [0.1, 0.15) is 29.2 Å². The maximum atomic E-state index is 14.2. The Kier molecular flexibility index (Phi) is 17.0. The minimum atomic E-state index is -0.608. The van der Waals surface area contributed by atoms with E-state index in [1.807, 2.05) is 40.3 Å². The van der Waals surface area contributed by atoms with Crippen LogP contribution in [0.5, 0.6) is 0 Å². The topological polar surface area (TPSA) is 61.6 Å². The van der Waals surface area contributed by atoms with E-state index >= 15 is 0 Å². The van der Waals surface area contributed by atoms with Gasteiger partial charge in [0.05, 0.1) is 29.5 Å². The first-order chi connectivity index (χ1) is 31.6. The Labute approximate surface area is 402 Å². The molecule has 1 unspecified atom stereocenters. The number of aromatic nitrogens is 1. The lowest BCUT2D eigenvalue weighted by Gasteiger charge is -2.32. The van der Waals surface area contributed by atoms with E-state index in [1.54, 1.807) is 28.0 Å². The van der Waals surface area contributed by atoms with Crippen molar-refractivity contribution >= 4 is 73.7 Å². The van der Waals surface area contributed by atoms with Crippen LogP contribution in [0, 0.1) is 13.8 Å². The molecule has 66 heavy (non-hydrogen) atoms. The number of nitrogens with zero attached hydrogens (tertiary/aromatic N) is 5. The van der Waals surface area contributed by atoms with E-state index in [9.17, 15) is 4.79 Å². The number of fused-ring (bicyclic) bond motifs is 2. The Morgan fingerprint density at radius 3 is 2.11 bits per heavy atom. The number of carbonyl (C=O) groups is 1. The minimum absolute atomic E-state index is 0.0962. The molecule has 0 spiro atoms. The van der Waals surface area contributed by atoms with Crippen molar-refractivity contribution in [3.63, 3.8) is 0 Å². The Morgan fingerprint density at radius 1 is 0.833 bits per heavy atom. The lowest BCUT2D eigenvalue weighted by molar-refractivity contribution is -0.665. The molecule has 4 aromatic carbocycles. The SMILES string of the molecule is CCN1/C(=C/C=C/C(=C/C=C/c2sc3ccccc3[n+]2CC)OC(C)(C)CCOC(C)(CC)COCC(=O)N(c2ccc(N(C)C)c(C)c2)c2ccc(N(C)C)c(C)c2)Sc2ccccc21. The van der Waals surface area contributed by atoms with Gasteiger partial charge in [-0.25, -0.2) is 0 Å². The summed E-state index contributed by atoms with van der Waals surface area (Å²) in [6, 6.07) is 29.4. The monoisotopic (exact) mass is 928 g/mol. The van der Waals surface area contributed by atoms with Crippen LogP contribution < -0.4 is 24.2 Å². The molecule has 5 aromatic rings. The molecule has 9 nitrogen and oxygen atoms in total. The van der Waals surface area contributed by atoms with Gasteiger partial charge in [0.2, 0.25) is 5.52 Å². The second-order valence-corrected chi connectivity index (χ2v) is 20.1. The number of allylic oxidation sites excluding steroid dienone is 5. The number of para-hydroxylation sites is 2. The molecule has 0 bridgehead atoms. The molecule has 11 heteroatoms. The lowest BCUT2D eigenvalue weighted by Crippen LogP contribution is -2.38. The van der Waals surface area contributed by atoms with Crippen LogP contribution in [0.3, 0.4) is 0 Å². The maximum absolute atomic E-state index is 14.2. The summed E-state index contributed by atoms with van der Waals surface area (Å²) in [5.41, 5.74) is 7.29. The Balaban J connectivity index is 1.13. The van der Waals surface area contributed by atoms with Crippen LogP contribution >= 0.6 is 23.1 Å². The van der Waals surface area contributed by atoms with Gasteiger partial charge in [0, 0.05) is 80.9 Å². The van der Waals surface area contributed by atoms with Crippen molar-refractivity contribution in [2.75, 3.05) is 74.2 Å². The zero-order valence-electron chi connectivity index (χ0n) is 41.2. The third-order valence-electron chi connectivity index (χ3n) is 11.9. The molecule has 1 aliphatic heterocycles. The number of aryl methyl sites for hydroxylation is 3. The molecule has 350 valence electrons. The van der Waals surface area contributed by atoms with E-state index in [0.717, 1.165) is 52.7 Å². The Bertz CT molecular complexity index is 2530. The summed E-state index contributed by atoms with van der Waals surface area (Å²) >= 11 is 3.58. The van der Waals surface area contributed by atoms with Gasteiger partial charge >= 0.3 is 0 Å². The normalized spacial score (nSPS) is 14.7. The van der Waals surface area contributed by atoms with Crippen molar-refractivity contribution in [3.05, 3.63) is 142 Å². The van der Waals surface area contributed by atoms with Gasteiger partial charge in [0.25, 0.3) is 10.9 Å². The van der Waals surface area contributed by atoms with Crippen LogP contribution in [0.4, 0.5) is 28.4 Å². The Morgan fingerprint density at radius 2 is 1.48 bits per heavy atom. The number of hydrogen-bond acceptors (Lipinski definition) is 9. The maximum Gasteiger partial charge on any atom is 0.262 e. The average molecular weight is 929 g/mol. The summed E-state index contributed by atoms with van der Waals surface area (Å²) in [6.45, 7) is 19.3. The molecular formula is C55H70N5O4S2+. The number of rotatable bonds is 21. The van der Waals surface area contributed by atoms with Gasteiger partial charge in [-0.3, -0.25) is 9.69 Å². The summed E-state index contributed by atoms with van der Waals surface area (Å²) in [6.07, 6.45) is 14.0. The minimum Gasteiger partial charge on any atom is -0.488 e. The third kappa shape index (κ3) is 12.4. The highest BCUT2D eigenvalue weighted by atomic mass is 32.2. The quantitative estimate of drug-likeness (QED) is 0.0410.